The first-order valence-electron chi connectivity index (χ1n) is 7.36. The van der Waals surface area contributed by atoms with Gasteiger partial charge in [0.25, 0.3) is 0 Å². The molecule has 1 N–H and O–H groups in total. The molecule has 0 aromatic heterocycles. The van der Waals surface area contributed by atoms with Crippen LogP contribution in [0.2, 0.25) is 0 Å². The van der Waals surface area contributed by atoms with Gasteiger partial charge in [0.15, 0.2) is 0 Å². The van der Waals surface area contributed by atoms with Crippen LogP contribution < -0.4 is 5.32 Å². The van der Waals surface area contributed by atoms with Gasteiger partial charge in [-0.15, -0.1) is 24.8 Å². The maximum atomic E-state index is 3.40. The zero-order valence-corrected chi connectivity index (χ0v) is 15.0. The van der Waals surface area contributed by atoms with Crippen LogP contribution in [0, 0.1) is 6.92 Å². The minimum atomic E-state index is 0. The Morgan fingerprint density at radius 3 is 2.29 bits per heavy atom. The van der Waals surface area contributed by atoms with E-state index in [0.29, 0.717) is 6.04 Å². The van der Waals surface area contributed by atoms with E-state index in [2.05, 4.69) is 60.3 Å². The molecule has 2 rings (SSSR count). The molecular weight excluding hydrogens is 305 g/mol. The highest BCUT2D eigenvalue weighted by atomic mass is 35.5. The van der Waals surface area contributed by atoms with Crippen molar-refractivity contribution in [1.29, 1.82) is 0 Å². The summed E-state index contributed by atoms with van der Waals surface area (Å²) in [4.78, 5) is 5.00. The van der Waals surface area contributed by atoms with E-state index in [1.54, 1.807) is 0 Å². The monoisotopic (exact) mass is 333 g/mol. The summed E-state index contributed by atoms with van der Waals surface area (Å²) in [5, 5.41) is 3.40. The van der Waals surface area contributed by atoms with Gasteiger partial charge in [0.1, 0.15) is 0 Å². The summed E-state index contributed by atoms with van der Waals surface area (Å²) < 4.78 is 0. The summed E-state index contributed by atoms with van der Waals surface area (Å²) in [7, 11) is 2.23. The van der Waals surface area contributed by atoms with Crippen molar-refractivity contribution in [3.05, 3.63) is 35.4 Å². The van der Waals surface area contributed by atoms with Crippen LogP contribution in [0.1, 0.15) is 24.1 Å². The van der Waals surface area contributed by atoms with Crippen LogP contribution in [0.5, 0.6) is 0 Å². The van der Waals surface area contributed by atoms with E-state index in [4.69, 9.17) is 0 Å². The molecule has 1 aliphatic rings. The Morgan fingerprint density at radius 2 is 1.71 bits per heavy atom. The molecule has 0 aliphatic carbocycles. The molecule has 122 valence electrons. The number of halogens is 2. The number of rotatable bonds is 5. The first-order valence-corrected chi connectivity index (χ1v) is 7.36. The molecule has 1 fully saturated rings. The van der Waals surface area contributed by atoms with E-state index in [9.17, 15) is 0 Å². The summed E-state index contributed by atoms with van der Waals surface area (Å²) in [5.41, 5.74) is 2.74. The summed E-state index contributed by atoms with van der Waals surface area (Å²) in [6, 6.07) is 9.40. The van der Waals surface area contributed by atoms with Gasteiger partial charge in [-0.2, -0.15) is 0 Å². The van der Waals surface area contributed by atoms with Crippen molar-refractivity contribution in [1.82, 2.24) is 15.1 Å². The lowest BCUT2D eigenvalue weighted by Gasteiger charge is -2.31. The van der Waals surface area contributed by atoms with Gasteiger partial charge in [0.05, 0.1) is 0 Å². The third-order valence-electron chi connectivity index (χ3n) is 4.20. The second-order valence-electron chi connectivity index (χ2n) is 5.66. The number of nitrogens with zero attached hydrogens (tertiary/aromatic N) is 2. The molecular formula is C16H29Cl2N3. The van der Waals surface area contributed by atoms with Gasteiger partial charge in [0, 0.05) is 45.3 Å². The Hall–Kier alpha value is -0.320. The van der Waals surface area contributed by atoms with Crippen molar-refractivity contribution in [3.8, 4) is 0 Å². The van der Waals surface area contributed by atoms with Crippen molar-refractivity contribution < 1.29 is 0 Å². The Bertz CT molecular complexity index is 378. The number of nitrogens with one attached hydrogen (secondary N) is 1. The van der Waals surface area contributed by atoms with Crippen LogP contribution in [0.25, 0.3) is 0 Å². The molecule has 0 bridgehead atoms. The SMILES string of the molecule is Cc1ccc(C(C)N(C)CCN2CCNCC2)cc1.Cl.Cl. The lowest BCUT2D eigenvalue weighted by molar-refractivity contribution is 0.183. The van der Waals surface area contributed by atoms with Gasteiger partial charge < -0.3 is 5.32 Å². The lowest BCUT2D eigenvalue weighted by atomic mass is 10.1. The van der Waals surface area contributed by atoms with Crippen molar-refractivity contribution in [2.45, 2.75) is 19.9 Å². The number of benzene rings is 1. The molecule has 1 aliphatic heterocycles. The maximum Gasteiger partial charge on any atom is 0.0317 e. The predicted molar refractivity (Wildman–Crippen MR) is 96.0 cm³/mol. The average molecular weight is 334 g/mol. The molecule has 0 spiro atoms. The van der Waals surface area contributed by atoms with Gasteiger partial charge in [-0.25, -0.2) is 0 Å². The molecule has 1 saturated heterocycles. The highest BCUT2D eigenvalue weighted by Gasteiger charge is 2.14. The van der Waals surface area contributed by atoms with E-state index < -0.39 is 0 Å². The van der Waals surface area contributed by atoms with Crippen LogP contribution in [0.4, 0.5) is 0 Å². The molecule has 21 heavy (non-hydrogen) atoms. The van der Waals surface area contributed by atoms with Crippen LogP contribution >= 0.6 is 24.8 Å². The summed E-state index contributed by atoms with van der Waals surface area (Å²) >= 11 is 0. The molecule has 0 amide bonds. The number of hydrogen-bond acceptors (Lipinski definition) is 3. The van der Waals surface area contributed by atoms with Crippen LogP contribution in [-0.4, -0.2) is 56.1 Å². The predicted octanol–water partition coefficient (Wildman–Crippen LogP) is 2.74. The van der Waals surface area contributed by atoms with Gasteiger partial charge in [-0.05, 0) is 26.5 Å². The number of aryl methyl sites for hydroxylation is 1. The average Bonchev–Trinajstić information content (AvgIpc) is 2.46. The molecule has 1 unspecified atom stereocenters. The quantitative estimate of drug-likeness (QED) is 0.893. The second kappa shape index (κ2) is 10.4. The third-order valence-corrected chi connectivity index (χ3v) is 4.20. The standard InChI is InChI=1S/C16H27N3.2ClH/c1-14-4-6-16(7-5-14)15(2)18(3)12-13-19-10-8-17-9-11-19;;/h4-7,15,17H,8-13H2,1-3H3;2*1H. The van der Waals surface area contributed by atoms with Gasteiger partial charge in [0.2, 0.25) is 0 Å². The molecule has 5 heteroatoms. The van der Waals surface area contributed by atoms with E-state index in [1.165, 1.54) is 30.8 Å². The van der Waals surface area contributed by atoms with Crippen LogP contribution in [-0.2, 0) is 0 Å². The largest absolute Gasteiger partial charge is 0.314 e. The van der Waals surface area contributed by atoms with Gasteiger partial charge in [-0.3, -0.25) is 9.80 Å². The fraction of sp³-hybridized carbons (Fsp3) is 0.625. The van der Waals surface area contributed by atoms with Crippen LogP contribution in [0.15, 0.2) is 24.3 Å². The second-order valence-corrected chi connectivity index (χ2v) is 5.66. The van der Waals surface area contributed by atoms with Crippen molar-refractivity contribution in [2.24, 2.45) is 0 Å². The highest BCUT2D eigenvalue weighted by molar-refractivity contribution is 5.85. The van der Waals surface area contributed by atoms with Crippen molar-refractivity contribution >= 4 is 24.8 Å². The molecule has 1 aromatic rings. The third kappa shape index (κ3) is 6.54. The number of hydrogen-bond donors (Lipinski definition) is 1. The normalized spacial score (nSPS) is 17.0. The first-order chi connectivity index (χ1) is 9.16. The number of likely N-dealkylation sites (N-methyl/N-ethyl adjacent to an activating group) is 1. The Morgan fingerprint density at radius 1 is 1.14 bits per heavy atom. The zero-order valence-electron chi connectivity index (χ0n) is 13.3. The lowest BCUT2D eigenvalue weighted by Crippen LogP contribution is -2.46. The smallest absolute Gasteiger partial charge is 0.0317 e. The van der Waals surface area contributed by atoms with Crippen molar-refractivity contribution in [2.75, 3.05) is 46.3 Å². The Labute approximate surface area is 141 Å². The number of piperazine rings is 1. The summed E-state index contributed by atoms with van der Waals surface area (Å²) in [6.45, 7) is 11.4. The minimum Gasteiger partial charge on any atom is -0.314 e. The Kier molecular flexibility index (Phi) is 10.3. The summed E-state index contributed by atoms with van der Waals surface area (Å²) in [5.74, 6) is 0. The van der Waals surface area contributed by atoms with Crippen LogP contribution in [0.3, 0.4) is 0 Å². The van der Waals surface area contributed by atoms with E-state index >= 15 is 0 Å². The molecule has 1 aromatic carbocycles. The molecule has 1 atom stereocenters. The Balaban J connectivity index is 0.00000200. The fourth-order valence-corrected chi connectivity index (χ4v) is 2.53. The molecule has 0 radical (unpaired) electrons. The molecule has 0 saturated carbocycles. The van der Waals surface area contributed by atoms with E-state index in [1.807, 2.05) is 0 Å². The zero-order chi connectivity index (χ0) is 13.7. The van der Waals surface area contributed by atoms with E-state index in [0.717, 1.165) is 19.6 Å². The first kappa shape index (κ1) is 20.7. The molecule has 1 heterocycles. The van der Waals surface area contributed by atoms with Crippen molar-refractivity contribution in [3.63, 3.8) is 0 Å². The maximum absolute atomic E-state index is 3.40. The van der Waals surface area contributed by atoms with E-state index in [-0.39, 0.29) is 24.8 Å². The summed E-state index contributed by atoms with van der Waals surface area (Å²) in [6.07, 6.45) is 0. The highest BCUT2D eigenvalue weighted by Crippen LogP contribution is 2.18. The minimum absolute atomic E-state index is 0. The topological polar surface area (TPSA) is 18.5 Å². The molecule has 3 nitrogen and oxygen atoms in total. The fourth-order valence-electron chi connectivity index (χ4n) is 2.53. The van der Waals surface area contributed by atoms with Gasteiger partial charge in [-0.1, -0.05) is 29.8 Å². The van der Waals surface area contributed by atoms with Gasteiger partial charge >= 0.3 is 0 Å².